The zero-order chi connectivity index (χ0) is 48.3. The Kier molecular flexibility index (Phi) is 9.32. The lowest BCUT2D eigenvalue weighted by atomic mass is 9.73. The second-order valence-corrected chi connectivity index (χ2v) is 20.9. The zero-order valence-electron chi connectivity index (χ0n) is 41.0. The molecule has 2 heteroatoms. The summed E-state index contributed by atoms with van der Waals surface area (Å²) in [6.07, 6.45) is 0. The van der Waals surface area contributed by atoms with Gasteiger partial charge in [-0.2, -0.15) is 0 Å². The highest BCUT2D eigenvalue weighted by Crippen LogP contribution is 2.56. The maximum atomic E-state index is 2.50. The van der Waals surface area contributed by atoms with Crippen LogP contribution in [-0.2, 0) is 10.8 Å². The standard InChI is InChI=1S/C70H52N2/c1-69(2)59-24-9-13-28-63(59)71(64-29-14-10-25-60(64)69)53-37-39-56-57(43-53)67(51-23-17-22-49(42-51)50-34-32-45-18-5-7-20-47(45)40-50)55-38-36-54(44-58(55)68(56)52-35-33-46-19-6-8-21-48(46)41-52)72-65-30-15-11-26-61(65)70(3,4)62-27-12-16-31-66(62)72/h5-44H,1-4H3. The van der Waals surface area contributed by atoms with E-state index in [0.717, 1.165) is 11.4 Å². The lowest BCUT2D eigenvalue weighted by Gasteiger charge is -2.42. The maximum Gasteiger partial charge on any atom is 0.0502 e. The highest BCUT2D eigenvalue weighted by atomic mass is 15.2. The molecule has 2 aliphatic heterocycles. The van der Waals surface area contributed by atoms with Crippen LogP contribution in [0.15, 0.2) is 243 Å². The summed E-state index contributed by atoms with van der Waals surface area (Å²) in [5, 5.41) is 9.78. The average Bonchev–Trinajstić information content (AvgIpc) is 3.42. The van der Waals surface area contributed by atoms with Crippen molar-refractivity contribution in [1.82, 2.24) is 0 Å². The molecular weight excluding hydrogens is 869 g/mol. The largest absolute Gasteiger partial charge is 0.310 e. The van der Waals surface area contributed by atoms with Crippen molar-refractivity contribution in [3.8, 4) is 33.4 Å². The van der Waals surface area contributed by atoms with Crippen LogP contribution in [0.2, 0.25) is 0 Å². The summed E-state index contributed by atoms with van der Waals surface area (Å²) in [5.41, 5.74) is 19.3. The SMILES string of the molecule is CC1(C)c2ccccc2N(c2ccc3c(-c4ccc5ccccc5c4)c4cc(N5c6ccccc6C(C)(C)c6ccccc65)ccc4c(-c4cccc(-c5ccc6ccccc6c5)c4)c3c2)c2ccccc21. The molecule has 0 bridgehead atoms. The number of nitrogens with zero attached hydrogens (tertiary/aromatic N) is 2. The van der Waals surface area contributed by atoms with Crippen molar-refractivity contribution < 1.29 is 0 Å². The second-order valence-electron chi connectivity index (χ2n) is 20.9. The van der Waals surface area contributed by atoms with E-state index in [4.69, 9.17) is 0 Å². The number of fused-ring (bicyclic) bond motifs is 8. The summed E-state index contributed by atoms with van der Waals surface area (Å²) in [7, 11) is 0. The molecule has 0 spiro atoms. The fraction of sp³-hybridized carbons (Fsp3) is 0.0857. The fourth-order valence-electron chi connectivity index (χ4n) is 12.6. The van der Waals surface area contributed by atoms with Crippen LogP contribution in [0.3, 0.4) is 0 Å². The monoisotopic (exact) mass is 920 g/mol. The Hall–Kier alpha value is -8.72. The minimum absolute atomic E-state index is 0.168. The van der Waals surface area contributed by atoms with Gasteiger partial charge in [0.25, 0.3) is 0 Å². The zero-order valence-corrected chi connectivity index (χ0v) is 41.0. The molecule has 0 aromatic heterocycles. The predicted molar refractivity (Wildman–Crippen MR) is 306 cm³/mol. The summed E-state index contributed by atoms with van der Waals surface area (Å²) < 4.78 is 0. The van der Waals surface area contributed by atoms with Crippen LogP contribution in [-0.4, -0.2) is 0 Å². The molecule has 2 aliphatic rings. The van der Waals surface area contributed by atoms with Crippen molar-refractivity contribution in [2.45, 2.75) is 38.5 Å². The molecule has 0 saturated carbocycles. The Morgan fingerprint density at radius 2 is 0.597 bits per heavy atom. The van der Waals surface area contributed by atoms with Crippen LogP contribution in [0.4, 0.5) is 34.1 Å². The molecule has 0 radical (unpaired) electrons. The van der Waals surface area contributed by atoms with E-state index in [-0.39, 0.29) is 10.8 Å². The van der Waals surface area contributed by atoms with Crippen molar-refractivity contribution >= 4 is 77.2 Å². The third-order valence-corrected chi connectivity index (χ3v) is 16.1. The normalized spacial score (nSPS) is 14.3. The minimum atomic E-state index is -0.169. The van der Waals surface area contributed by atoms with Gasteiger partial charge in [-0.05, 0) is 165 Å². The van der Waals surface area contributed by atoms with E-state index in [1.165, 1.54) is 121 Å². The number of para-hydroxylation sites is 4. The van der Waals surface area contributed by atoms with Crippen molar-refractivity contribution in [1.29, 1.82) is 0 Å². The molecule has 0 saturated heterocycles. The van der Waals surface area contributed by atoms with Crippen molar-refractivity contribution in [2.75, 3.05) is 9.80 Å². The number of hydrogen-bond acceptors (Lipinski definition) is 2. The lowest BCUT2D eigenvalue weighted by Crippen LogP contribution is -2.30. The molecule has 0 N–H and O–H groups in total. The molecule has 72 heavy (non-hydrogen) atoms. The van der Waals surface area contributed by atoms with Crippen molar-refractivity contribution in [3.05, 3.63) is 265 Å². The first-order valence-corrected chi connectivity index (χ1v) is 25.3. The first-order chi connectivity index (χ1) is 35.2. The van der Waals surface area contributed by atoms with E-state index >= 15 is 0 Å². The van der Waals surface area contributed by atoms with Crippen LogP contribution in [0.1, 0.15) is 49.9 Å². The summed E-state index contributed by atoms with van der Waals surface area (Å²) in [6, 6.07) is 91.0. The quantitative estimate of drug-likeness (QED) is 0.159. The molecule has 14 rings (SSSR count). The van der Waals surface area contributed by atoms with Gasteiger partial charge < -0.3 is 9.80 Å². The van der Waals surface area contributed by atoms with Gasteiger partial charge >= 0.3 is 0 Å². The van der Waals surface area contributed by atoms with Crippen LogP contribution in [0.5, 0.6) is 0 Å². The second kappa shape index (κ2) is 15.9. The van der Waals surface area contributed by atoms with Crippen LogP contribution < -0.4 is 9.80 Å². The fourth-order valence-corrected chi connectivity index (χ4v) is 12.6. The van der Waals surface area contributed by atoms with Gasteiger partial charge in [0.05, 0.1) is 22.7 Å². The number of benzene rings is 12. The van der Waals surface area contributed by atoms with Gasteiger partial charge in [0.1, 0.15) is 0 Å². The van der Waals surface area contributed by atoms with Gasteiger partial charge in [-0.1, -0.05) is 204 Å². The summed E-state index contributed by atoms with van der Waals surface area (Å²) in [6.45, 7) is 9.45. The highest BCUT2D eigenvalue weighted by Gasteiger charge is 2.38. The van der Waals surface area contributed by atoms with Crippen molar-refractivity contribution in [2.24, 2.45) is 0 Å². The molecular formula is C70H52N2. The predicted octanol–water partition coefficient (Wildman–Crippen LogP) is 19.5. The molecule has 0 atom stereocenters. The van der Waals surface area contributed by atoms with Crippen LogP contribution >= 0.6 is 0 Å². The van der Waals surface area contributed by atoms with E-state index in [1.54, 1.807) is 0 Å². The third kappa shape index (κ3) is 6.35. The van der Waals surface area contributed by atoms with E-state index < -0.39 is 0 Å². The van der Waals surface area contributed by atoms with E-state index in [1.807, 2.05) is 0 Å². The van der Waals surface area contributed by atoms with E-state index in [9.17, 15) is 0 Å². The summed E-state index contributed by atoms with van der Waals surface area (Å²) >= 11 is 0. The third-order valence-electron chi connectivity index (χ3n) is 16.1. The number of rotatable bonds is 5. The molecule has 342 valence electrons. The van der Waals surface area contributed by atoms with Crippen LogP contribution in [0, 0.1) is 0 Å². The Bertz CT molecular complexity index is 4090. The van der Waals surface area contributed by atoms with Gasteiger partial charge in [0.2, 0.25) is 0 Å². The van der Waals surface area contributed by atoms with Gasteiger partial charge in [-0.3, -0.25) is 0 Å². The number of hydrogen-bond donors (Lipinski definition) is 0. The first kappa shape index (κ1) is 42.2. The molecule has 0 fully saturated rings. The molecule has 0 unspecified atom stereocenters. The van der Waals surface area contributed by atoms with Gasteiger partial charge in [-0.25, -0.2) is 0 Å². The Morgan fingerprint density at radius 3 is 1.06 bits per heavy atom. The maximum absolute atomic E-state index is 2.50. The molecule has 0 amide bonds. The minimum Gasteiger partial charge on any atom is -0.310 e. The summed E-state index contributed by atoms with van der Waals surface area (Å²) in [5.74, 6) is 0. The Labute approximate surface area is 421 Å². The van der Waals surface area contributed by atoms with Crippen LogP contribution in [0.25, 0.3) is 76.5 Å². The topological polar surface area (TPSA) is 6.48 Å². The highest BCUT2D eigenvalue weighted by molar-refractivity contribution is 6.23. The van der Waals surface area contributed by atoms with Gasteiger partial charge in [-0.15, -0.1) is 0 Å². The van der Waals surface area contributed by atoms with Gasteiger partial charge in [0.15, 0.2) is 0 Å². The Morgan fingerprint density at radius 1 is 0.250 bits per heavy atom. The number of anilines is 6. The van der Waals surface area contributed by atoms with E-state index in [0.29, 0.717) is 0 Å². The molecule has 0 aliphatic carbocycles. The molecule has 2 heterocycles. The first-order valence-electron chi connectivity index (χ1n) is 25.3. The lowest BCUT2D eigenvalue weighted by molar-refractivity contribution is 0.632. The van der Waals surface area contributed by atoms with E-state index in [2.05, 4.69) is 280 Å². The molecule has 12 aromatic carbocycles. The smallest absolute Gasteiger partial charge is 0.0502 e. The van der Waals surface area contributed by atoms with Crippen molar-refractivity contribution in [3.63, 3.8) is 0 Å². The Balaban J connectivity index is 1.09. The summed E-state index contributed by atoms with van der Waals surface area (Å²) in [4.78, 5) is 5.00. The molecule has 2 nitrogen and oxygen atoms in total. The van der Waals surface area contributed by atoms with Gasteiger partial charge in [0, 0.05) is 22.2 Å². The molecule has 12 aromatic rings. The average molecular weight is 921 g/mol.